The number of aryl methyl sites for hydroxylation is 1. The molecule has 4 heterocycles. The summed E-state index contributed by atoms with van der Waals surface area (Å²) in [5.74, 6) is 0.637. The maximum Gasteiger partial charge on any atom is 0.293 e. The number of fused-ring (bicyclic) bond motifs is 1. The first-order chi connectivity index (χ1) is 12.2. The molecule has 0 aromatic carbocycles. The summed E-state index contributed by atoms with van der Waals surface area (Å²) >= 11 is 0. The number of aliphatic hydroxyl groups is 1. The van der Waals surface area contributed by atoms with Gasteiger partial charge in [-0.05, 0) is 13.3 Å². The van der Waals surface area contributed by atoms with E-state index in [1.165, 1.54) is 0 Å². The highest BCUT2D eigenvalue weighted by atomic mass is 16.3. The standard InChI is InChI=1S/C17H20N6O2/c1-2-21-10-14(13-7-18-15-3-5-19-23(15)9-13)20-16(17(21)25)22-6-4-12(8-22)11-24/h3,5,7,9-10,12,24H,2,4,6,8,11H2,1H3/t12-/m1/s1. The van der Waals surface area contributed by atoms with E-state index >= 15 is 0 Å². The summed E-state index contributed by atoms with van der Waals surface area (Å²) < 4.78 is 3.35. The molecule has 4 rings (SSSR count). The molecule has 1 fully saturated rings. The smallest absolute Gasteiger partial charge is 0.293 e. The molecule has 0 bridgehead atoms. The largest absolute Gasteiger partial charge is 0.396 e. The number of hydrogen-bond donors (Lipinski definition) is 1. The van der Waals surface area contributed by atoms with Crippen LogP contribution in [0.4, 0.5) is 5.82 Å². The molecule has 1 aliphatic rings. The zero-order valence-corrected chi connectivity index (χ0v) is 14.0. The van der Waals surface area contributed by atoms with E-state index in [0.29, 0.717) is 24.6 Å². The van der Waals surface area contributed by atoms with Gasteiger partial charge in [-0.15, -0.1) is 0 Å². The molecular formula is C17H20N6O2. The third-order valence-electron chi connectivity index (χ3n) is 4.68. The van der Waals surface area contributed by atoms with Gasteiger partial charge in [0.25, 0.3) is 5.56 Å². The van der Waals surface area contributed by atoms with Crippen LogP contribution in [0.5, 0.6) is 0 Å². The minimum atomic E-state index is -0.0991. The Balaban J connectivity index is 1.80. The fourth-order valence-electron chi connectivity index (χ4n) is 3.22. The van der Waals surface area contributed by atoms with Gasteiger partial charge >= 0.3 is 0 Å². The molecule has 1 aliphatic heterocycles. The molecule has 0 saturated carbocycles. The van der Waals surface area contributed by atoms with Crippen LogP contribution in [0.25, 0.3) is 16.9 Å². The van der Waals surface area contributed by atoms with Gasteiger partial charge in [0, 0.05) is 62.4 Å². The first-order valence-corrected chi connectivity index (χ1v) is 8.46. The van der Waals surface area contributed by atoms with Gasteiger partial charge in [0.1, 0.15) is 0 Å². The first kappa shape index (κ1) is 15.8. The number of nitrogens with zero attached hydrogens (tertiary/aromatic N) is 6. The van der Waals surface area contributed by atoms with E-state index in [-0.39, 0.29) is 18.1 Å². The van der Waals surface area contributed by atoms with Gasteiger partial charge in [-0.2, -0.15) is 5.10 Å². The number of rotatable bonds is 4. The maximum atomic E-state index is 12.7. The minimum absolute atomic E-state index is 0.0991. The van der Waals surface area contributed by atoms with E-state index in [1.807, 2.05) is 24.1 Å². The second kappa shape index (κ2) is 6.29. The SMILES string of the molecule is CCn1cc(-c2cnc3ccnn3c2)nc(N2CC[C@@H](CO)C2)c1=O. The van der Waals surface area contributed by atoms with Crippen molar-refractivity contribution in [2.75, 3.05) is 24.6 Å². The molecule has 0 aliphatic carbocycles. The Morgan fingerprint density at radius 3 is 3.00 bits per heavy atom. The topological polar surface area (TPSA) is 88.6 Å². The highest BCUT2D eigenvalue weighted by Gasteiger charge is 2.26. The van der Waals surface area contributed by atoms with Gasteiger partial charge in [-0.3, -0.25) is 4.79 Å². The predicted octanol–water partition coefficient (Wildman–Crippen LogP) is 0.792. The Bertz CT molecular complexity index is 963. The second-order valence-electron chi connectivity index (χ2n) is 6.30. The Labute approximate surface area is 144 Å². The molecule has 1 N–H and O–H groups in total. The van der Waals surface area contributed by atoms with Gasteiger partial charge in [-0.25, -0.2) is 14.5 Å². The quantitative estimate of drug-likeness (QED) is 0.755. The lowest BCUT2D eigenvalue weighted by Crippen LogP contribution is -2.32. The lowest BCUT2D eigenvalue weighted by Gasteiger charge is -2.19. The first-order valence-electron chi connectivity index (χ1n) is 8.46. The summed E-state index contributed by atoms with van der Waals surface area (Å²) in [5, 5.41) is 13.6. The van der Waals surface area contributed by atoms with E-state index in [0.717, 1.165) is 24.2 Å². The fraction of sp³-hybridized carbons (Fsp3) is 0.412. The molecule has 1 atom stereocenters. The van der Waals surface area contributed by atoms with Crippen LogP contribution in [0.1, 0.15) is 13.3 Å². The lowest BCUT2D eigenvalue weighted by molar-refractivity contribution is 0.238. The summed E-state index contributed by atoms with van der Waals surface area (Å²) in [4.78, 5) is 23.7. The molecule has 0 unspecified atom stereocenters. The number of hydrogen-bond acceptors (Lipinski definition) is 6. The van der Waals surface area contributed by atoms with E-state index in [1.54, 1.807) is 27.7 Å². The number of anilines is 1. The van der Waals surface area contributed by atoms with Crippen LogP contribution in [0.3, 0.4) is 0 Å². The maximum absolute atomic E-state index is 12.7. The zero-order valence-electron chi connectivity index (χ0n) is 14.0. The van der Waals surface area contributed by atoms with Crippen molar-refractivity contribution in [3.05, 3.63) is 41.2 Å². The van der Waals surface area contributed by atoms with Gasteiger partial charge in [-0.1, -0.05) is 0 Å². The molecule has 8 nitrogen and oxygen atoms in total. The van der Waals surface area contributed by atoms with Crippen LogP contribution in [0.2, 0.25) is 0 Å². The highest BCUT2D eigenvalue weighted by Crippen LogP contribution is 2.22. The fourth-order valence-corrected chi connectivity index (χ4v) is 3.22. The van der Waals surface area contributed by atoms with Gasteiger partial charge in [0.15, 0.2) is 11.5 Å². The van der Waals surface area contributed by atoms with Crippen molar-refractivity contribution in [1.82, 2.24) is 24.1 Å². The molecular weight excluding hydrogens is 320 g/mol. The Kier molecular flexibility index (Phi) is 3.96. The van der Waals surface area contributed by atoms with Crippen molar-refractivity contribution < 1.29 is 5.11 Å². The molecule has 3 aromatic heterocycles. The number of aromatic nitrogens is 5. The van der Waals surface area contributed by atoms with Crippen LogP contribution >= 0.6 is 0 Å². The average molecular weight is 340 g/mol. The van der Waals surface area contributed by atoms with E-state index in [4.69, 9.17) is 0 Å². The zero-order chi connectivity index (χ0) is 17.4. The van der Waals surface area contributed by atoms with Crippen molar-refractivity contribution in [2.24, 2.45) is 5.92 Å². The van der Waals surface area contributed by atoms with Crippen molar-refractivity contribution in [3.63, 3.8) is 0 Å². The highest BCUT2D eigenvalue weighted by molar-refractivity contribution is 5.60. The van der Waals surface area contributed by atoms with Crippen molar-refractivity contribution in [1.29, 1.82) is 0 Å². The number of aliphatic hydroxyl groups excluding tert-OH is 1. The van der Waals surface area contributed by atoms with E-state index < -0.39 is 0 Å². The third-order valence-corrected chi connectivity index (χ3v) is 4.68. The van der Waals surface area contributed by atoms with E-state index in [2.05, 4.69) is 15.1 Å². The molecule has 1 saturated heterocycles. The van der Waals surface area contributed by atoms with Crippen LogP contribution in [0.15, 0.2) is 35.6 Å². The monoisotopic (exact) mass is 340 g/mol. The summed E-state index contributed by atoms with van der Waals surface area (Å²) in [7, 11) is 0. The minimum Gasteiger partial charge on any atom is -0.396 e. The van der Waals surface area contributed by atoms with Gasteiger partial charge in [0.05, 0.1) is 11.9 Å². The Hall–Kier alpha value is -2.74. The van der Waals surface area contributed by atoms with Crippen LogP contribution in [-0.2, 0) is 6.54 Å². The van der Waals surface area contributed by atoms with Crippen LogP contribution < -0.4 is 10.5 Å². The van der Waals surface area contributed by atoms with Crippen molar-refractivity contribution in [2.45, 2.75) is 19.9 Å². The third kappa shape index (κ3) is 2.78. The van der Waals surface area contributed by atoms with Gasteiger partial charge in [0.2, 0.25) is 0 Å². The molecule has 0 amide bonds. The van der Waals surface area contributed by atoms with Crippen LogP contribution in [-0.4, -0.2) is 49.0 Å². The summed E-state index contributed by atoms with van der Waals surface area (Å²) in [6, 6.07) is 1.83. The molecule has 0 spiro atoms. The lowest BCUT2D eigenvalue weighted by atomic mass is 10.1. The summed E-state index contributed by atoms with van der Waals surface area (Å²) in [6.07, 6.45) is 7.93. The average Bonchev–Trinajstić information content (AvgIpc) is 3.30. The summed E-state index contributed by atoms with van der Waals surface area (Å²) in [5.41, 5.74) is 2.16. The predicted molar refractivity (Wildman–Crippen MR) is 93.6 cm³/mol. The Morgan fingerprint density at radius 2 is 2.24 bits per heavy atom. The molecule has 8 heteroatoms. The van der Waals surface area contributed by atoms with Gasteiger partial charge < -0.3 is 14.6 Å². The van der Waals surface area contributed by atoms with Crippen molar-refractivity contribution >= 4 is 11.5 Å². The molecule has 25 heavy (non-hydrogen) atoms. The van der Waals surface area contributed by atoms with Crippen LogP contribution in [0, 0.1) is 5.92 Å². The molecule has 0 radical (unpaired) electrons. The molecule has 3 aromatic rings. The normalized spacial score (nSPS) is 17.5. The Morgan fingerprint density at radius 1 is 1.36 bits per heavy atom. The van der Waals surface area contributed by atoms with Crippen molar-refractivity contribution in [3.8, 4) is 11.3 Å². The molecule has 130 valence electrons. The van der Waals surface area contributed by atoms with E-state index in [9.17, 15) is 9.90 Å². The summed E-state index contributed by atoms with van der Waals surface area (Å²) in [6.45, 7) is 4.03. The second-order valence-corrected chi connectivity index (χ2v) is 6.30.